The summed E-state index contributed by atoms with van der Waals surface area (Å²) in [6, 6.07) is 18.6. The number of benzene rings is 2. The molecule has 0 aliphatic rings. The van der Waals surface area contributed by atoms with Crippen LogP contribution in [0.4, 0.5) is 4.79 Å². The Bertz CT molecular complexity index is 673. The first-order valence-electron chi connectivity index (χ1n) is 8.64. The van der Waals surface area contributed by atoms with Crippen molar-refractivity contribution in [2.75, 3.05) is 6.61 Å². The normalized spacial score (nSPS) is 13.3. The second-order valence-corrected chi connectivity index (χ2v) is 5.96. The molecule has 0 heterocycles. The molecule has 0 bridgehead atoms. The highest BCUT2D eigenvalue weighted by atomic mass is 16.5. The standard InChI is InChI=1S/C21H25NO4/c23-14-8-7-13-20(24)19(15-17-9-3-1-4-10-17)22-21(25)26-16-18-11-5-2-6-12-18/h1-12,19-20,23-24H,13-16H2,(H,22,25)/b8-7+/t19-,20-/m0/s1. The third-order valence-electron chi connectivity index (χ3n) is 3.93. The van der Waals surface area contributed by atoms with Gasteiger partial charge in [0.2, 0.25) is 0 Å². The Balaban J connectivity index is 1.95. The molecule has 2 aromatic carbocycles. The van der Waals surface area contributed by atoms with E-state index in [0.717, 1.165) is 11.1 Å². The van der Waals surface area contributed by atoms with Crippen molar-refractivity contribution in [3.8, 4) is 0 Å². The van der Waals surface area contributed by atoms with Crippen molar-refractivity contribution in [1.82, 2.24) is 5.32 Å². The number of nitrogens with one attached hydrogen (secondary N) is 1. The molecule has 2 rings (SSSR count). The monoisotopic (exact) mass is 355 g/mol. The minimum atomic E-state index is -0.790. The quantitative estimate of drug-likeness (QED) is 0.605. The highest BCUT2D eigenvalue weighted by molar-refractivity contribution is 5.67. The molecule has 0 saturated heterocycles. The number of hydrogen-bond acceptors (Lipinski definition) is 4. The first-order valence-corrected chi connectivity index (χ1v) is 8.64. The Morgan fingerprint density at radius 2 is 1.62 bits per heavy atom. The van der Waals surface area contributed by atoms with Crippen LogP contribution in [-0.2, 0) is 17.8 Å². The highest BCUT2D eigenvalue weighted by Gasteiger charge is 2.21. The van der Waals surface area contributed by atoms with E-state index in [0.29, 0.717) is 12.8 Å². The van der Waals surface area contributed by atoms with Crippen LogP contribution in [0.5, 0.6) is 0 Å². The fourth-order valence-electron chi connectivity index (χ4n) is 2.54. The zero-order valence-corrected chi connectivity index (χ0v) is 14.6. The highest BCUT2D eigenvalue weighted by Crippen LogP contribution is 2.10. The predicted molar refractivity (Wildman–Crippen MR) is 101 cm³/mol. The molecule has 0 aromatic heterocycles. The van der Waals surface area contributed by atoms with Crippen LogP contribution in [0.3, 0.4) is 0 Å². The van der Waals surface area contributed by atoms with Gasteiger partial charge < -0.3 is 20.3 Å². The summed E-state index contributed by atoms with van der Waals surface area (Å²) in [6.45, 7) is 0.0911. The molecule has 5 heteroatoms. The van der Waals surface area contributed by atoms with Gasteiger partial charge in [-0.05, 0) is 24.0 Å². The second-order valence-electron chi connectivity index (χ2n) is 5.96. The molecule has 138 valence electrons. The summed E-state index contributed by atoms with van der Waals surface area (Å²) >= 11 is 0. The predicted octanol–water partition coefficient (Wildman–Crippen LogP) is 2.82. The topological polar surface area (TPSA) is 78.8 Å². The molecule has 5 nitrogen and oxygen atoms in total. The van der Waals surface area contributed by atoms with Gasteiger partial charge >= 0.3 is 6.09 Å². The Hall–Kier alpha value is -2.63. The van der Waals surface area contributed by atoms with Gasteiger partial charge in [-0.15, -0.1) is 0 Å². The van der Waals surface area contributed by atoms with Gasteiger partial charge in [0.05, 0.1) is 18.8 Å². The average Bonchev–Trinajstić information content (AvgIpc) is 2.67. The maximum Gasteiger partial charge on any atom is 0.407 e. The summed E-state index contributed by atoms with van der Waals surface area (Å²) in [5, 5.41) is 22.0. The fraction of sp³-hybridized carbons (Fsp3) is 0.286. The number of alkyl carbamates (subject to hydrolysis) is 1. The Kier molecular flexibility index (Phi) is 8.39. The van der Waals surface area contributed by atoms with Gasteiger partial charge in [0.25, 0.3) is 0 Å². The van der Waals surface area contributed by atoms with E-state index in [9.17, 15) is 9.90 Å². The number of carbonyl (C=O) groups is 1. The molecule has 0 fully saturated rings. The molecule has 26 heavy (non-hydrogen) atoms. The molecular formula is C21H25NO4. The van der Waals surface area contributed by atoms with Crippen molar-refractivity contribution in [2.45, 2.75) is 31.6 Å². The molecule has 2 atom stereocenters. The Labute approximate surface area is 153 Å². The van der Waals surface area contributed by atoms with Crippen molar-refractivity contribution in [2.24, 2.45) is 0 Å². The summed E-state index contributed by atoms with van der Waals surface area (Å²) in [6.07, 6.45) is 2.71. The van der Waals surface area contributed by atoms with Crippen LogP contribution in [-0.4, -0.2) is 35.1 Å². The summed E-state index contributed by atoms with van der Waals surface area (Å²) in [5.41, 5.74) is 1.90. The number of amides is 1. The number of hydrogen-bond donors (Lipinski definition) is 3. The lowest BCUT2D eigenvalue weighted by atomic mass is 9.99. The molecule has 0 saturated carbocycles. The van der Waals surface area contributed by atoms with Gasteiger partial charge in [0, 0.05) is 0 Å². The molecular weight excluding hydrogens is 330 g/mol. The van der Waals surface area contributed by atoms with E-state index in [1.165, 1.54) is 0 Å². The molecule has 0 unspecified atom stereocenters. The third kappa shape index (κ3) is 7.09. The zero-order valence-electron chi connectivity index (χ0n) is 14.6. The lowest BCUT2D eigenvalue weighted by Crippen LogP contribution is -2.44. The van der Waals surface area contributed by atoms with Crippen LogP contribution in [0.15, 0.2) is 72.8 Å². The third-order valence-corrected chi connectivity index (χ3v) is 3.93. The summed E-state index contributed by atoms with van der Waals surface area (Å²) in [7, 11) is 0. The molecule has 2 aromatic rings. The lowest BCUT2D eigenvalue weighted by Gasteiger charge is -2.23. The fourth-order valence-corrected chi connectivity index (χ4v) is 2.54. The van der Waals surface area contributed by atoms with Gasteiger partial charge in [0.15, 0.2) is 0 Å². The Morgan fingerprint density at radius 1 is 1.00 bits per heavy atom. The second kappa shape index (κ2) is 11.1. The van der Waals surface area contributed by atoms with Crippen LogP contribution >= 0.6 is 0 Å². The number of ether oxygens (including phenoxy) is 1. The number of rotatable bonds is 9. The van der Waals surface area contributed by atoms with Crippen LogP contribution in [0.25, 0.3) is 0 Å². The van der Waals surface area contributed by atoms with Gasteiger partial charge in [-0.2, -0.15) is 0 Å². The van der Waals surface area contributed by atoms with Gasteiger partial charge in [0.1, 0.15) is 6.61 Å². The molecule has 1 amide bonds. The van der Waals surface area contributed by atoms with Crippen molar-refractivity contribution in [1.29, 1.82) is 0 Å². The lowest BCUT2D eigenvalue weighted by molar-refractivity contribution is 0.102. The molecule has 0 aliphatic heterocycles. The number of aliphatic hydroxyl groups is 2. The maximum atomic E-state index is 12.1. The largest absolute Gasteiger partial charge is 0.445 e. The number of carbonyl (C=O) groups excluding carboxylic acids is 1. The molecule has 3 N–H and O–H groups in total. The van der Waals surface area contributed by atoms with E-state index < -0.39 is 18.2 Å². The van der Waals surface area contributed by atoms with Crippen LogP contribution in [0.1, 0.15) is 17.5 Å². The SMILES string of the molecule is O=C(N[C@@H](Cc1ccccc1)[C@@H](O)C/C=C/CO)OCc1ccccc1. The summed E-state index contributed by atoms with van der Waals surface area (Å²) in [5.74, 6) is 0. The van der Waals surface area contributed by atoms with Gasteiger partial charge in [-0.1, -0.05) is 72.8 Å². The van der Waals surface area contributed by atoms with Crippen molar-refractivity contribution in [3.05, 3.63) is 83.9 Å². The van der Waals surface area contributed by atoms with E-state index in [1.54, 1.807) is 12.2 Å². The first-order chi connectivity index (χ1) is 12.7. The van der Waals surface area contributed by atoms with Crippen molar-refractivity contribution >= 4 is 6.09 Å². The average molecular weight is 355 g/mol. The maximum absolute atomic E-state index is 12.1. The van der Waals surface area contributed by atoms with Crippen LogP contribution in [0, 0.1) is 0 Å². The number of aliphatic hydroxyl groups excluding tert-OH is 2. The minimum absolute atomic E-state index is 0.0807. The molecule has 0 aliphatic carbocycles. The Morgan fingerprint density at radius 3 is 2.23 bits per heavy atom. The van der Waals surface area contributed by atoms with Gasteiger partial charge in [-0.3, -0.25) is 0 Å². The van der Waals surface area contributed by atoms with Crippen molar-refractivity contribution < 1.29 is 19.7 Å². The van der Waals surface area contributed by atoms with Crippen LogP contribution in [0.2, 0.25) is 0 Å². The van der Waals surface area contributed by atoms with E-state index in [1.807, 2.05) is 60.7 Å². The van der Waals surface area contributed by atoms with E-state index in [4.69, 9.17) is 9.84 Å². The molecule has 0 spiro atoms. The first kappa shape index (κ1) is 19.7. The van der Waals surface area contributed by atoms with Crippen molar-refractivity contribution in [3.63, 3.8) is 0 Å². The van der Waals surface area contributed by atoms with Crippen LogP contribution < -0.4 is 5.32 Å². The minimum Gasteiger partial charge on any atom is -0.445 e. The molecule has 0 radical (unpaired) electrons. The summed E-state index contributed by atoms with van der Waals surface area (Å²) < 4.78 is 5.25. The summed E-state index contributed by atoms with van der Waals surface area (Å²) in [4.78, 5) is 12.1. The zero-order chi connectivity index (χ0) is 18.6. The van der Waals surface area contributed by atoms with Gasteiger partial charge in [-0.25, -0.2) is 4.79 Å². The van der Waals surface area contributed by atoms with E-state index >= 15 is 0 Å². The van der Waals surface area contributed by atoms with E-state index in [2.05, 4.69) is 5.32 Å². The van der Waals surface area contributed by atoms with E-state index in [-0.39, 0.29) is 13.2 Å². The smallest absolute Gasteiger partial charge is 0.407 e.